The molecule has 1 saturated carbocycles. The first kappa shape index (κ1) is 13.8. The summed E-state index contributed by atoms with van der Waals surface area (Å²) in [5.74, 6) is -3.33. The number of hydrogen-bond acceptors (Lipinski definition) is 5. The van der Waals surface area contributed by atoms with E-state index in [2.05, 4.69) is 0 Å². The van der Waals surface area contributed by atoms with Gasteiger partial charge in [0.2, 0.25) is 0 Å². The normalized spacial score (nSPS) is 24.9. The summed E-state index contributed by atoms with van der Waals surface area (Å²) in [6.07, 6.45) is -0.311. The van der Waals surface area contributed by atoms with E-state index in [9.17, 15) is 14.4 Å². The Balaban J connectivity index is 3.02. The third-order valence-corrected chi connectivity index (χ3v) is 3.26. The molecule has 1 N–H and O–H groups in total. The Kier molecular flexibility index (Phi) is 3.66. The van der Waals surface area contributed by atoms with Crippen LogP contribution in [0.2, 0.25) is 0 Å². The Labute approximate surface area is 103 Å². The van der Waals surface area contributed by atoms with E-state index >= 15 is 0 Å². The highest BCUT2D eigenvalue weighted by atomic mass is 35.5. The van der Waals surface area contributed by atoms with Crippen molar-refractivity contribution < 1.29 is 29.0 Å². The molecule has 7 heteroatoms. The number of carbonyl (C=O) groups is 3. The molecule has 1 aliphatic rings. The van der Waals surface area contributed by atoms with Gasteiger partial charge in [0.25, 0.3) is 0 Å². The number of carbonyl (C=O) groups excluding carboxylic acids is 2. The lowest BCUT2D eigenvalue weighted by molar-refractivity contribution is -0.166. The molecule has 0 amide bonds. The lowest BCUT2D eigenvalue weighted by Crippen LogP contribution is -2.39. The van der Waals surface area contributed by atoms with Crippen LogP contribution in [-0.2, 0) is 23.9 Å². The molecule has 0 bridgehead atoms. The van der Waals surface area contributed by atoms with E-state index in [4.69, 9.17) is 26.2 Å². The van der Waals surface area contributed by atoms with Crippen molar-refractivity contribution in [2.75, 3.05) is 13.2 Å². The average molecular weight is 265 g/mol. The van der Waals surface area contributed by atoms with Crippen molar-refractivity contribution >= 4 is 29.5 Å². The van der Waals surface area contributed by atoms with Crippen LogP contribution in [-0.4, -0.2) is 41.1 Å². The molecule has 1 atom stereocenters. The first-order valence-corrected chi connectivity index (χ1v) is 5.51. The minimum Gasteiger partial charge on any atom is -0.480 e. The number of rotatable bonds is 5. The number of esters is 2. The number of aliphatic carboxylic acids is 1. The van der Waals surface area contributed by atoms with Crippen LogP contribution in [0.15, 0.2) is 0 Å². The van der Waals surface area contributed by atoms with Crippen LogP contribution in [0.4, 0.5) is 0 Å². The molecule has 0 aromatic rings. The standard InChI is InChI=1S/C10H13ClO6/c1-3-16-7(14)9(8(15)17-4-2)5-10(9,11)6(12)13/h3-5H2,1-2H3,(H,12,13). The van der Waals surface area contributed by atoms with Crippen LogP contribution in [0, 0.1) is 5.41 Å². The zero-order valence-corrected chi connectivity index (χ0v) is 10.2. The van der Waals surface area contributed by atoms with Gasteiger partial charge in [0, 0.05) is 6.42 Å². The zero-order valence-electron chi connectivity index (χ0n) is 9.49. The minimum atomic E-state index is -1.95. The Bertz CT molecular complexity index is 348. The Morgan fingerprint density at radius 1 is 1.18 bits per heavy atom. The van der Waals surface area contributed by atoms with Gasteiger partial charge < -0.3 is 14.6 Å². The Morgan fingerprint density at radius 3 is 1.82 bits per heavy atom. The molecule has 1 unspecified atom stereocenters. The Hall–Kier alpha value is -1.30. The van der Waals surface area contributed by atoms with Crippen molar-refractivity contribution in [3.05, 3.63) is 0 Å². The fraction of sp³-hybridized carbons (Fsp3) is 0.700. The molecule has 0 aromatic heterocycles. The smallest absolute Gasteiger partial charge is 0.326 e. The van der Waals surface area contributed by atoms with Gasteiger partial charge in [0.15, 0.2) is 10.3 Å². The average Bonchev–Trinajstić information content (AvgIpc) is 2.89. The van der Waals surface area contributed by atoms with E-state index in [-0.39, 0.29) is 19.6 Å². The van der Waals surface area contributed by atoms with Crippen molar-refractivity contribution in [3.63, 3.8) is 0 Å². The van der Waals surface area contributed by atoms with E-state index < -0.39 is 28.2 Å². The molecule has 0 aromatic carbocycles. The largest absolute Gasteiger partial charge is 0.480 e. The van der Waals surface area contributed by atoms with Crippen LogP contribution < -0.4 is 0 Å². The van der Waals surface area contributed by atoms with Crippen molar-refractivity contribution in [2.24, 2.45) is 5.41 Å². The summed E-state index contributed by atoms with van der Waals surface area (Å²) >= 11 is 5.76. The van der Waals surface area contributed by atoms with Crippen molar-refractivity contribution in [1.29, 1.82) is 0 Å². The third-order valence-electron chi connectivity index (χ3n) is 2.65. The summed E-state index contributed by atoms with van der Waals surface area (Å²) in [7, 11) is 0. The van der Waals surface area contributed by atoms with Crippen LogP contribution in [0.1, 0.15) is 20.3 Å². The SMILES string of the molecule is CCOC(=O)C1(C(=O)OCC)CC1(Cl)C(=O)O. The van der Waals surface area contributed by atoms with E-state index in [0.29, 0.717) is 0 Å². The van der Waals surface area contributed by atoms with Gasteiger partial charge in [-0.05, 0) is 13.8 Å². The van der Waals surface area contributed by atoms with E-state index in [1.165, 1.54) is 0 Å². The van der Waals surface area contributed by atoms with Gasteiger partial charge in [-0.15, -0.1) is 11.6 Å². The monoisotopic (exact) mass is 264 g/mol. The van der Waals surface area contributed by atoms with Gasteiger partial charge >= 0.3 is 17.9 Å². The fourth-order valence-electron chi connectivity index (χ4n) is 1.64. The lowest BCUT2D eigenvalue weighted by Gasteiger charge is -2.15. The molecule has 1 aliphatic carbocycles. The van der Waals surface area contributed by atoms with Crippen molar-refractivity contribution in [1.82, 2.24) is 0 Å². The van der Waals surface area contributed by atoms with E-state index in [1.54, 1.807) is 13.8 Å². The number of alkyl halides is 1. The molecular formula is C10H13ClO6. The molecule has 1 fully saturated rings. The van der Waals surface area contributed by atoms with Gasteiger partial charge in [-0.1, -0.05) is 0 Å². The van der Waals surface area contributed by atoms with Gasteiger partial charge in [-0.25, -0.2) is 0 Å². The van der Waals surface area contributed by atoms with E-state index in [1.807, 2.05) is 0 Å². The first-order valence-electron chi connectivity index (χ1n) is 5.13. The topological polar surface area (TPSA) is 89.9 Å². The summed E-state index contributed by atoms with van der Waals surface area (Å²) in [6, 6.07) is 0. The minimum absolute atomic E-state index is 0.0343. The maximum Gasteiger partial charge on any atom is 0.326 e. The van der Waals surface area contributed by atoms with Gasteiger partial charge in [-0.2, -0.15) is 0 Å². The van der Waals surface area contributed by atoms with Crippen molar-refractivity contribution in [2.45, 2.75) is 25.1 Å². The second-order valence-electron chi connectivity index (χ2n) is 3.63. The van der Waals surface area contributed by atoms with Crippen LogP contribution >= 0.6 is 11.6 Å². The molecular weight excluding hydrogens is 252 g/mol. The van der Waals surface area contributed by atoms with E-state index in [0.717, 1.165) is 0 Å². The second kappa shape index (κ2) is 4.52. The second-order valence-corrected chi connectivity index (χ2v) is 4.27. The highest BCUT2D eigenvalue weighted by Gasteiger charge is 2.83. The number of carboxylic acid groups (broad SMARTS) is 1. The predicted octanol–water partition coefficient (Wildman–Crippen LogP) is 0.565. The number of hydrogen-bond donors (Lipinski definition) is 1. The number of halogens is 1. The van der Waals surface area contributed by atoms with Gasteiger partial charge in [0.1, 0.15) is 0 Å². The van der Waals surface area contributed by atoms with Crippen molar-refractivity contribution in [3.8, 4) is 0 Å². The third kappa shape index (κ3) is 1.86. The summed E-state index contributed by atoms with van der Waals surface area (Å²) in [6.45, 7) is 3.17. The van der Waals surface area contributed by atoms with Crippen LogP contribution in [0.25, 0.3) is 0 Å². The van der Waals surface area contributed by atoms with Crippen LogP contribution in [0.3, 0.4) is 0 Å². The Morgan fingerprint density at radius 2 is 1.59 bits per heavy atom. The molecule has 96 valence electrons. The molecule has 0 radical (unpaired) electrons. The quantitative estimate of drug-likeness (QED) is 0.443. The zero-order chi connectivity index (χ0) is 13.3. The summed E-state index contributed by atoms with van der Waals surface area (Å²) in [5, 5.41) is 8.93. The summed E-state index contributed by atoms with van der Waals surface area (Å²) in [4.78, 5) is 32.4. The lowest BCUT2D eigenvalue weighted by atomic mass is 10.0. The number of ether oxygens (including phenoxy) is 2. The highest BCUT2D eigenvalue weighted by Crippen LogP contribution is 2.62. The molecule has 0 spiro atoms. The van der Waals surface area contributed by atoms with Crippen LogP contribution in [0.5, 0.6) is 0 Å². The molecule has 17 heavy (non-hydrogen) atoms. The molecule has 0 heterocycles. The molecule has 0 saturated heterocycles. The molecule has 6 nitrogen and oxygen atoms in total. The molecule has 1 rings (SSSR count). The predicted molar refractivity (Wildman–Crippen MR) is 56.5 cm³/mol. The highest BCUT2D eigenvalue weighted by molar-refractivity contribution is 6.42. The first-order chi connectivity index (χ1) is 7.86. The maximum absolute atomic E-state index is 11.7. The fourth-order valence-corrected chi connectivity index (χ4v) is 1.99. The maximum atomic E-state index is 11.7. The summed E-state index contributed by atoms with van der Waals surface area (Å²) in [5.41, 5.74) is -1.91. The van der Waals surface area contributed by atoms with Gasteiger partial charge in [0.05, 0.1) is 13.2 Å². The summed E-state index contributed by atoms with van der Waals surface area (Å²) < 4.78 is 9.39. The number of carboxylic acids is 1. The van der Waals surface area contributed by atoms with Gasteiger partial charge in [-0.3, -0.25) is 14.4 Å². The molecule has 0 aliphatic heterocycles.